The molecule has 0 spiro atoms. The second-order valence-electron chi connectivity index (χ2n) is 4.03. The van der Waals surface area contributed by atoms with Crippen LogP contribution in [-0.2, 0) is 0 Å². The Morgan fingerprint density at radius 3 is 2.44 bits per heavy atom. The summed E-state index contributed by atoms with van der Waals surface area (Å²) >= 11 is 0. The molecule has 0 aliphatic carbocycles. The molecule has 2 N–H and O–H groups in total. The van der Waals surface area contributed by atoms with Gasteiger partial charge in [-0.2, -0.15) is 4.98 Å². The van der Waals surface area contributed by atoms with Crippen molar-refractivity contribution in [3.63, 3.8) is 0 Å². The minimum absolute atomic E-state index is 0.250. The Morgan fingerprint density at radius 1 is 1.19 bits per heavy atom. The molecule has 2 aromatic rings. The lowest BCUT2D eigenvalue weighted by molar-refractivity contribution is 0.361. The summed E-state index contributed by atoms with van der Waals surface area (Å²) < 4.78 is 5.16. The summed E-state index contributed by atoms with van der Waals surface area (Å²) in [4.78, 5) is 4.28. The van der Waals surface area contributed by atoms with Crippen molar-refractivity contribution in [1.82, 2.24) is 10.1 Å². The van der Waals surface area contributed by atoms with E-state index < -0.39 is 0 Å². The van der Waals surface area contributed by atoms with Crippen molar-refractivity contribution >= 4 is 0 Å². The van der Waals surface area contributed by atoms with E-state index in [1.54, 1.807) is 0 Å². The molecule has 0 radical (unpaired) electrons. The normalized spacial score (nSPS) is 13.0. The number of hydrogen-bond donors (Lipinski definition) is 1. The fraction of sp³-hybridized carbons (Fsp3) is 0.333. The summed E-state index contributed by atoms with van der Waals surface area (Å²) in [6.45, 7) is 4.03. The van der Waals surface area contributed by atoms with E-state index in [2.05, 4.69) is 10.1 Å². The van der Waals surface area contributed by atoms with Gasteiger partial charge in [0.15, 0.2) is 5.82 Å². The molecule has 1 aromatic heterocycles. The lowest BCUT2D eigenvalue weighted by atomic mass is 10.1. The summed E-state index contributed by atoms with van der Waals surface area (Å²) in [5, 5.41) is 3.90. The summed E-state index contributed by atoms with van der Waals surface area (Å²) in [6.07, 6.45) is 0. The smallest absolute Gasteiger partial charge is 0.248 e. The maximum absolute atomic E-state index is 6.03. The van der Waals surface area contributed by atoms with Gasteiger partial charge < -0.3 is 10.3 Å². The van der Waals surface area contributed by atoms with Crippen LogP contribution in [-0.4, -0.2) is 10.1 Å². The SMILES string of the molecule is CC(C)c1noc([C@H](N)c2ccccc2)n1. The Balaban J connectivity index is 2.24. The van der Waals surface area contributed by atoms with Crippen molar-refractivity contribution in [3.8, 4) is 0 Å². The lowest BCUT2D eigenvalue weighted by Gasteiger charge is -2.05. The van der Waals surface area contributed by atoms with Gasteiger partial charge in [0.25, 0.3) is 0 Å². The van der Waals surface area contributed by atoms with Crippen molar-refractivity contribution in [1.29, 1.82) is 0 Å². The van der Waals surface area contributed by atoms with Crippen LogP contribution in [0.3, 0.4) is 0 Å². The molecule has 0 amide bonds. The molecule has 0 fully saturated rings. The topological polar surface area (TPSA) is 64.9 Å². The number of rotatable bonds is 3. The molecule has 0 bridgehead atoms. The van der Waals surface area contributed by atoms with Gasteiger partial charge in [-0.25, -0.2) is 0 Å². The van der Waals surface area contributed by atoms with Gasteiger partial charge in [-0.15, -0.1) is 0 Å². The zero-order valence-electron chi connectivity index (χ0n) is 9.42. The minimum atomic E-state index is -0.346. The monoisotopic (exact) mass is 217 g/mol. The third-order valence-electron chi connectivity index (χ3n) is 2.40. The zero-order chi connectivity index (χ0) is 11.5. The number of hydrogen-bond acceptors (Lipinski definition) is 4. The Bertz CT molecular complexity index is 450. The van der Waals surface area contributed by atoms with Crippen molar-refractivity contribution < 1.29 is 4.52 Å². The molecule has 1 heterocycles. The van der Waals surface area contributed by atoms with Gasteiger partial charge in [-0.05, 0) is 5.56 Å². The van der Waals surface area contributed by atoms with Crippen LogP contribution in [0, 0.1) is 0 Å². The average Bonchev–Trinajstić information content (AvgIpc) is 2.78. The van der Waals surface area contributed by atoms with Gasteiger partial charge in [-0.1, -0.05) is 49.3 Å². The van der Waals surface area contributed by atoms with Crippen LogP contribution < -0.4 is 5.73 Å². The average molecular weight is 217 g/mol. The largest absolute Gasteiger partial charge is 0.337 e. The Kier molecular flexibility index (Phi) is 3.01. The molecule has 4 heteroatoms. The third kappa shape index (κ3) is 2.12. The van der Waals surface area contributed by atoms with Crippen LogP contribution in [0.1, 0.15) is 43.1 Å². The number of nitrogens with zero attached hydrogens (tertiary/aromatic N) is 2. The molecule has 0 saturated carbocycles. The molecule has 1 atom stereocenters. The first-order valence-corrected chi connectivity index (χ1v) is 5.32. The first-order chi connectivity index (χ1) is 7.68. The second kappa shape index (κ2) is 4.45. The van der Waals surface area contributed by atoms with Gasteiger partial charge in [0.2, 0.25) is 5.89 Å². The first kappa shape index (κ1) is 10.8. The molecule has 0 aliphatic heterocycles. The standard InChI is InChI=1S/C12H15N3O/c1-8(2)11-14-12(16-15-11)10(13)9-6-4-3-5-7-9/h3-8,10H,13H2,1-2H3/t10-/m1/s1. The highest BCUT2D eigenvalue weighted by atomic mass is 16.5. The molecule has 1 aromatic carbocycles. The van der Waals surface area contributed by atoms with E-state index in [1.807, 2.05) is 44.2 Å². The van der Waals surface area contributed by atoms with Gasteiger partial charge in [0, 0.05) is 5.92 Å². The van der Waals surface area contributed by atoms with Gasteiger partial charge in [0.05, 0.1) is 0 Å². The van der Waals surface area contributed by atoms with Gasteiger partial charge in [-0.3, -0.25) is 0 Å². The lowest BCUT2D eigenvalue weighted by Crippen LogP contribution is -2.12. The van der Waals surface area contributed by atoms with Crippen molar-refractivity contribution in [2.45, 2.75) is 25.8 Å². The Morgan fingerprint density at radius 2 is 1.88 bits per heavy atom. The number of nitrogens with two attached hydrogens (primary N) is 1. The third-order valence-corrected chi connectivity index (χ3v) is 2.40. The van der Waals surface area contributed by atoms with Crippen LogP contribution in [0.5, 0.6) is 0 Å². The predicted molar refractivity (Wildman–Crippen MR) is 60.9 cm³/mol. The van der Waals surface area contributed by atoms with E-state index in [0.717, 1.165) is 5.56 Å². The van der Waals surface area contributed by atoms with Crippen molar-refractivity contribution in [2.75, 3.05) is 0 Å². The van der Waals surface area contributed by atoms with E-state index >= 15 is 0 Å². The van der Waals surface area contributed by atoms with E-state index in [1.165, 1.54) is 0 Å². The first-order valence-electron chi connectivity index (χ1n) is 5.32. The number of aromatic nitrogens is 2. The number of benzene rings is 1. The predicted octanol–water partition coefficient (Wildman–Crippen LogP) is 2.24. The van der Waals surface area contributed by atoms with Crippen LogP contribution in [0.15, 0.2) is 34.9 Å². The summed E-state index contributed by atoms with van der Waals surface area (Å²) in [5.41, 5.74) is 7.01. The van der Waals surface area contributed by atoms with Crippen LogP contribution >= 0.6 is 0 Å². The van der Waals surface area contributed by atoms with Crippen molar-refractivity contribution in [2.24, 2.45) is 5.73 Å². The molecule has 84 valence electrons. The van der Waals surface area contributed by atoms with Crippen LogP contribution in [0.4, 0.5) is 0 Å². The van der Waals surface area contributed by atoms with E-state index in [0.29, 0.717) is 11.7 Å². The minimum Gasteiger partial charge on any atom is -0.337 e. The molecule has 16 heavy (non-hydrogen) atoms. The molecular weight excluding hydrogens is 202 g/mol. The molecule has 0 unspecified atom stereocenters. The van der Waals surface area contributed by atoms with Crippen LogP contribution in [0.25, 0.3) is 0 Å². The fourth-order valence-corrected chi connectivity index (χ4v) is 1.41. The van der Waals surface area contributed by atoms with Gasteiger partial charge >= 0.3 is 0 Å². The highest BCUT2D eigenvalue weighted by molar-refractivity contribution is 5.23. The zero-order valence-corrected chi connectivity index (χ0v) is 9.42. The molecular formula is C12H15N3O. The van der Waals surface area contributed by atoms with Crippen molar-refractivity contribution in [3.05, 3.63) is 47.6 Å². The highest BCUT2D eigenvalue weighted by Gasteiger charge is 2.17. The fourth-order valence-electron chi connectivity index (χ4n) is 1.41. The summed E-state index contributed by atoms with van der Waals surface area (Å²) in [6, 6.07) is 9.38. The Hall–Kier alpha value is -1.68. The quantitative estimate of drug-likeness (QED) is 0.856. The highest BCUT2D eigenvalue weighted by Crippen LogP contribution is 2.19. The van der Waals surface area contributed by atoms with E-state index in [-0.39, 0.29) is 12.0 Å². The molecule has 2 rings (SSSR count). The maximum atomic E-state index is 6.03. The van der Waals surface area contributed by atoms with Crippen LogP contribution in [0.2, 0.25) is 0 Å². The Labute approximate surface area is 94.5 Å². The maximum Gasteiger partial charge on any atom is 0.248 e. The molecule has 0 aliphatic rings. The molecule has 0 saturated heterocycles. The summed E-state index contributed by atoms with van der Waals surface area (Å²) in [5.74, 6) is 1.41. The summed E-state index contributed by atoms with van der Waals surface area (Å²) in [7, 11) is 0. The molecule has 4 nitrogen and oxygen atoms in total. The van der Waals surface area contributed by atoms with Gasteiger partial charge in [0.1, 0.15) is 6.04 Å². The van der Waals surface area contributed by atoms with E-state index in [4.69, 9.17) is 10.3 Å². The second-order valence-corrected chi connectivity index (χ2v) is 4.03. The van der Waals surface area contributed by atoms with E-state index in [9.17, 15) is 0 Å².